The van der Waals surface area contributed by atoms with Gasteiger partial charge in [0, 0.05) is 24.7 Å². The average Bonchev–Trinajstić information content (AvgIpc) is 2.69. The second-order valence-corrected chi connectivity index (χ2v) is 5.81. The molecule has 2 aromatic rings. The second kappa shape index (κ2) is 10.0. The molecule has 0 aliphatic rings. The van der Waals surface area contributed by atoms with Gasteiger partial charge in [0.1, 0.15) is 0 Å². The van der Waals surface area contributed by atoms with Crippen LogP contribution in [0.4, 0.5) is 0 Å². The van der Waals surface area contributed by atoms with Crippen LogP contribution in [0.15, 0.2) is 48.5 Å². The van der Waals surface area contributed by atoms with Crippen molar-refractivity contribution in [1.82, 2.24) is 10.6 Å². The van der Waals surface area contributed by atoms with Crippen molar-refractivity contribution in [3.63, 3.8) is 0 Å². The first-order chi connectivity index (χ1) is 13.0. The first-order valence-corrected chi connectivity index (χ1v) is 8.57. The maximum absolute atomic E-state index is 12.2. The zero-order chi connectivity index (χ0) is 19.6. The number of rotatable bonds is 8. The van der Waals surface area contributed by atoms with E-state index < -0.39 is 0 Å². The Labute approximate surface area is 159 Å². The molecule has 0 saturated carbocycles. The van der Waals surface area contributed by atoms with E-state index in [4.69, 9.17) is 9.47 Å². The molecule has 0 radical (unpaired) electrons. The average molecular weight is 368 g/mol. The third kappa shape index (κ3) is 5.88. The van der Waals surface area contributed by atoms with Crippen molar-refractivity contribution in [2.45, 2.75) is 6.92 Å². The van der Waals surface area contributed by atoms with Gasteiger partial charge in [-0.25, -0.2) is 0 Å². The summed E-state index contributed by atoms with van der Waals surface area (Å²) in [5.41, 5.74) is 2.55. The molecule has 2 N–H and O–H groups in total. The summed E-state index contributed by atoms with van der Waals surface area (Å²) in [5.74, 6) is 0.584. The summed E-state index contributed by atoms with van der Waals surface area (Å²) in [6.45, 7) is 2.63. The number of methoxy groups -OCH3 is 2. The quantitative estimate of drug-likeness (QED) is 0.555. The van der Waals surface area contributed by atoms with E-state index in [1.165, 1.54) is 20.3 Å². The number of ether oxygens (including phenoxy) is 2. The number of nitrogens with one attached hydrogen (secondary N) is 2. The molecule has 6 heteroatoms. The highest BCUT2D eigenvalue weighted by Gasteiger charge is 2.10. The standard InChI is InChI=1S/C21H24N2O4/c1-15-6-4-5-7-16(15)9-11-20(24)22-12-13-23-21(25)17-8-10-18(26-2)19(14-17)27-3/h4-11,14H,12-13H2,1-3H3,(H,22,24)(H,23,25)/b11-9+. The molecule has 0 aliphatic heterocycles. The van der Waals surface area contributed by atoms with Crippen molar-refractivity contribution in [2.24, 2.45) is 0 Å². The molecular weight excluding hydrogens is 344 g/mol. The molecule has 0 unspecified atom stereocenters. The monoisotopic (exact) mass is 368 g/mol. The fraction of sp³-hybridized carbons (Fsp3) is 0.238. The van der Waals surface area contributed by atoms with Gasteiger partial charge in [-0.2, -0.15) is 0 Å². The number of carbonyl (C=O) groups is 2. The Hall–Kier alpha value is -3.28. The topological polar surface area (TPSA) is 76.7 Å². The second-order valence-electron chi connectivity index (χ2n) is 5.81. The molecular formula is C21H24N2O4. The lowest BCUT2D eigenvalue weighted by molar-refractivity contribution is -0.116. The van der Waals surface area contributed by atoms with Crippen LogP contribution in [0.2, 0.25) is 0 Å². The minimum absolute atomic E-state index is 0.210. The van der Waals surface area contributed by atoms with E-state index in [0.717, 1.165) is 11.1 Å². The third-order valence-corrected chi connectivity index (χ3v) is 3.96. The van der Waals surface area contributed by atoms with Crippen LogP contribution in [0.3, 0.4) is 0 Å². The first kappa shape index (κ1) is 20.0. The normalized spacial score (nSPS) is 10.5. The van der Waals surface area contributed by atoms with Crippen molar-refractivity contribution >= 4 is 17.9 Å². The lowest BCUT2D eigenvalue weighted by atomic mass is 10.1. The number of amides is 2. The molecule has 142 valence electrons. The summed E-state index contributed by atoms with van der Waals surface area (Å²) < 4.78 is 10.3. The van der Waals surface area contributed by atoms with Crippen molar-refractivity contribution in [1.29, 1.82) is 0 Å². The molecule has 0 bridgehead atoms. The van der Waals surface area contributed by atoms with Gasteiger partial charge in [0.15, 0.2) is 11.5 Å². The summed E-state index contributed by atoms with van der Waals surface area (Å²) >= 11 is 0. The zero-order valence-electron chi connectivity index (χ0n) is 15.7. The Morgan fingerprint density at radius 2 is 1.67 bits per heavy atom. The van der Waals surface area contributed by atoms with Gasteiger partial charge in [0.05, 0.1) is 14.2 Å². The number of hydrogen-bond acceptors (Lipinski definition) is 4. The minimum Gasteiger partial charge on any atom is -0.493 e. The molecule has 0 atom stereocenters. The Kier molecular flexibility index (Phi) is 7.43. The highest BCUT2D eigenvalue weighted by molar-refractivity contribution is 5.95. The summed E-state index contributed by atoms with van der Waals surface area (Å²) in [7, 11) is 3.05. The summed E-state index contributed by atoms with van der Waals surface area (Å²) in [5, 5.41) is 5.49. The van der Waals surface area contributed by atoms with Crippen LogP contribution in [-0.2, 0) is 4.79 Å². The molecule has 2 amide bonds. The molecule has 0 heterocycles. The highest BCUT2D eigenvalue weighted by Crippen LogP contribution is 2.27. The van der Waals surface area contributed by atoms with Gasteiger partial charge >= 0.3 is 0 Å². The van der Waals surface area contributed by atoms with Crippen LogP contribution >= 0.6 is 0 Å². The Bertz CT molecular complexity index is 831. The van der Waals surface area contributed by atoms with Gasteiger partial charge < -0.3 is 20.1 Å². The molecule has 0 aromatic heterocycles. The molecule has 0 saturated heterocycles. The molecule has 27 heavy (non-hydrogen) atoms. The summed E-state index contributed by atoms with van der Waals surface area (Å²) in [4.78, 5) is 24.0. The molecule has 2 aromatic carbocycles. The molecule has 2 rings (SSSR count). The zero-order valence-corrected chi connectivity index (χ0v) is 15.7. The molecule has 0 fully saturated rings. The van der Waals surface area contributed by atoms with Gasteiger partial charge in [-0.05, 0) is 42.3 Å². The van der Waals surface area contributed by atoms with Gasteiger partial charge in [-0.3, -0.25) is 9.59 Å². The van der Waals surface area contributed by atoms with E-state index in [-0.39, 0.29) is 11.8 Å². The maximum Gasteiger partial charge on any atom is 0.251 e. The summed E-state index contributed by atoms with van der Waals surface area (Å²) in [6.07, 6.45) is 3.26. The van der Waals surface area contributed by atoms with Crippen LogP contribution < -0.4 is 20.1 Å². The van der Waals surface area contributed by atoms with Crippen LogP contribution in [0.1, 0.15) is 21.5 Å². The minimum atomic E-state index is -0.249. The van der Waals surface area contributed by atoms with Crippen molar-refractivity contribution < 1.29 is 19.1 Å². The maximum atomic E-state index is 12.2. The predicted molar refractivity (Wildman–Crippen MR) is 105 cm³/mol. The third-order valence-electron chi connectivity index (χ3n) is 3.96. The van der Waals surface area contributed by atoms with Crippen LogP contribution in [0.25, 0.3) is 6.08 Å². The number of hydrogen-bond donors (Lipinski definition) is 2. The van der Waals surface area contributed by atoms with Crippen molar-refractivity contribution in [2.75, 3.05) is 27.3 Å². The number of aryl methyl sites for hydroxylation is 1. The SMILES string of the molecule is COc1ccc(C(=O)NCCNC(=O)/C=C/c2ccccc2C)cc1OC. The lowest BCUT2D eigenvalue weighted by Gasteiger charge is -2.10. The van der Waals surface area contributed by atoms with Crippen molar-refractivity contribution in [3.8, 4) is 11.5 Å². The summed E-state index contributed by atoms with van der Waals surface area (Å²) in [6, 6.07) is 12.7. The highest BCUT2D eigenvalue weighted by atomic mass is 16.5. The van der Waals surface area contributed by atoms with E-state index in [9.17, 15) is 9.59 Å². The van der Waals surface area contributed by atoms with E-state index in [0.29, 0.717) is 30.2 Å². The van der Waals surface area contributed by atoms with Crippen LogP contribution in [-0.4, -0.2) is 39.1 Å². The number of benzene rings is 2. The smallest absolute Gasteiger partial charge is 0.251 e. The molecule has 0 aliphatic carbocycles. The van der Waals surface area contributed by atoms with E-state index in [1.807, 2.05) is 31.2 Å². The van der Waals surface area contributed by atoms with Crippen LogP contribution in [0, 0.1) is 6.92 Å². The Morgan fingerprint density at radius 1 is 0.963 bits per heavy atom. The lowest BCUT2D eigenvalue weighted by Crippen LogP contribution is -2.34. The van der Waals surface area contributed by atoms with Gasteiger partial charge in [-0.15, -0.1) is 0 Å². The van der Waals surface area contributed by atoms with Crippen LogP contribution in [0.5, 0.6) is 11.5 Å². The Balaban J connectivity index is 1.78. The molecule has 6 nitrogen and oxygen atoms in total. The molecule has 0 spiro atoms. The fourth-order valence-electron chi connectivity index (χ4n) is 2.44. The van der Waals surface area contributed by atoms with E-state index >= 15 is 0 Å². The van der Waals surface area contributed by atoms with E-state index in [2.05, 4.69) is 10.6 Å². The van der Waals surface area contributed by atoms with Gasteiger partial charge in [-0.1, -0.05) is 24.3 Å². The number of carbonyl (C=O) groups excluding carboxylic acids is 2. The fourth-order valence-corrected chi connectivity index (χ4v) is 2.44. The first-order valence-electron chi connectivity index (χ1n) is 8.57. The predicted octanol–water partition coefficient (Wildman–Crippen LogP) is 2.57. The van der Waals surface area contributed by atoms with Crippen molar-refractivity contribution in [3.05, 3.63) is 65.2 Å². The van der Waals surface area contributed by atoms with E-state index in [1.54, 1.807) is 24.3 Å². The van der Waals surface area contributed by atoms with Gasteiger partial charge in [0.25, 0.3) is 5.91 Å². The van der Waals surface area contributed by atoms with Gasteiger partial charge in [0.2, 0.25) is 5.91 Å². The Morgan fingerprint density at radius 3 is 2.37 bits per heavy atom. The largest absolute Gasteiger partial charge is 0.493 e.